The first kappa shape index (κ1) is 8.76. The molecule has 2 atom stereocenters. The summed E-state index contributed by atoms with van der Waals surface area (Å²) in [6, 6.07) is 0.639. The van der Waals surface area contributed by atoms with Crippen molar-refractivity contribution in [1.82, 2.24) is 0 Å². The van der Waals surface area contributed by atoms with Crippen molar-refractivity contribution < 1.29 is 0 Å². The molecule has 1 aliphatic heterocycles. The quantitative estimate of drug-likeness (QED) is 0.591. The highest BCUT2D eigenvalue weighted by Gasteiger charge is 2.23. The third kappa shape index (κ3) is 2.05. The lowest BCUT2D eigenvalue weighted by molar-refractivity contribution is 0.309. The zero-order valence-corrected chi connectivity index (χ0v) is 7.88. The van der Waals surface area contributed by atoms with Crippen LogP contribution in [-0.4, -0.2) is 12.3 Å². The largest absolute Gasteiger partial charge is 0.294 e. The van der Waals surface area contributed by atoms with Gasteiger partial charge in [0.25, 0.3) is 0 Å². The van der Waals surface area contributed by atoms with Crippen LogP contribution in [0.25, 0.3) is 0 Å². The van der Waals surface area contributed by atoms with Crippen LogP contribution < -0.4 is 0 Å². The van der Waals surface area contributed by atoms with E-state index in [9.17, 15) is 0 Å². The second-order valence-electron chi connectivity index (χ2n) is 3.79. The summed E-state index contributed by atoms with van der Waals surface area (Å²) in [6.07, 6.45) is 5.86. The summed E-state index contributed by atoms with van der Waals surface area (Å²) in [5.41, 5.74) is 0. The standard InChI is InChI=1S/C10H19N/c1-4-9(8(2)3)10-6-5-7-11-10/h7-10H,4-6H2,1-3H3. The maximum atomic E-state index is 4.50. The molecular formula is C10H19N. The molecule has 0 aromatic heterocycles. The highest BCUT2D eigenvalue weighted by Crippen LogP contribution is 2.26. The van der Waals surface area contributed by atoms with Crippen molar-refractivity contribution >= 4 is 6.21 Å². The Morgan fingerprint density at radius 1 is 1.55 bits per heavy atom. The lowest BCUT2D eigenvalue weighted by Gasteiger charge is -2.23. The van der Waals surface area contributed by atoms with Crippen molar-refractivity contribution in [3.63, 3.8) is 0 Å². The van der Waals surface area contributed by atoms with Gasteiger partial charge in [-0.05, 0) is 30.9 Å². The normalized spacial score (nSPS) is 26.4. The van der Waals surface area contributed by atoms with Gasteiger partial charge in [-0.3, -0.25) is 4.99 Å². The van der Waals surface area contributed by atoms with Crippen molar-refractivity contribution in [1.29, 1.82) is 0 Å². The van der Waals surface area contributed by atoms with Crippen LogP contribution in [0.4, 0.5) is 0 Å². The fraction of sp³-hybridized carbons (Fsp3) is 0.900. The summed E-state index contributed by atoms with van der Waals surface area (Å²) >= 11 is 0. The summed E-state index contributed by atoms with van der Waals surface area (Å²) < 4.78 is 0. The summed E-state index contributed by atoms with van der Waals surface area (Å²) in [7, 11) is 0. The van der Waals surface area contributed by atoms with Gasteiger partial charge in [-0.15, -0.1) is 0 Å². The van der Waals surface area contributed by atoms with E-state index in [1.54, 1.807) is 0 Å². The van der Waals surface area contributed by atoms with Crippen LogP contribution >= 0.6 is 0 Å². The molecule has 0 N–H and O–H groups in total. The minimum Gasteiger partial charge on any atom is -0.294 e. The summed E-state index contributed by atoms with van der Waals surface area (Å²) in [6.45, 7) is 6.89. The van der Waals surface area contributed by atoms with Gasteiger partial charge in [0, 0.05) is 0 Å². The molecule has 0 amide bonds. The SMILES string of the molecule is CCC(C(C)C)C1CCC=N1. The fourth-order valence-corrected chi connectivity index (χ4v) is 2.04. The minimum atomic E-state index is 0.639. The average Bonchev–Trinajstić information content (AvgIpc) is 2.40. The van der Waals surface area contributed by atoms with Gasteiger partial charge in [-0.25, -0.2) is 0 Å². The Morgan fingerprint density at radius 2 is 2.27 bits per heavy atom. The van der Waals surface area contributed by atoms with Gasteiger partial charge in [-0.2, -0.15) is 0 Å². The molecule has 1 rings (SSSR count). The van der Waals surface area contributed by atoms with Crippen LogP contribution in [0.3, 0.4) is 0 Å². The number of nitrogens with zero attached hydrogens (tertiary/aromatic N) is 1. The van der Waals surface area contributed by atoms with Gasteiger partial charge < -0.3 is 0 Å². The zero-order valence-electron chi connectivity index (χ0n) is 7.88. The Bertz CT molecular complexity index is 138. The molecule has 1 aliphatic rings. The second kappa shape index (κ2) is 3.89. The molecule has 0 radical (unpaired) electrons. The molecule has 0 aliphatic carbocycles. The van der Waals surface area contributed by atoms with Crippen LogP contribution in [0.15, 0.2) is 4.99 Å². The third-order valence-corrected chi connectivity index (χ3v) is 2.71. The zero-order chi connectivity index (χ0) is 8.27. The van der Waals surface area contributed by atoms with Crippen LogP contribution in [0.1, 0.15) is 40.0 Å². The Balaban J connectivity index is 2.47. The molecule has 64 valence electrons. The van der Waals surface area contributed by atoms with E-state index < -0.39 is 0 Å². The van der Waals surface area contributed by atoms with E-state index in [1.165, 1.54) is 19.3 Å². The van der Waals surface area contributed by atoms with Gasteiger partial charge in [0.05, 0.1) is 6.04 Å². The smallest absolute Gasteiger partial charge is 0.0529 e. The van der Waals surface area contributed by atoms with Crippen LogP contribution in [0.2, 0.25) is 0 Å². The lowest BCUT2D eigenvalue weighted by Crippen LogP contribution is -2.20. The van der Waals surface area contributed by atoms with Crippen LogP contribution in [0.5, 0.6) is 0 Å². The van der Waals surface area contributed by atoms with Crippen LogP contribution in [-0.2, 0) is 0 Å². The molecule has 1 nitrogen and oxygen atoms in total. The second-order valence-corrected chi connectivity index (χ2v) is 3.79. The molecule has 0 bridgehead atoms. The predicted octanol–water partition coefficient (Wildman–Crippen LogP) is 2.90. The van der Waals surface area contributed by atoms with E-state index in [0.29, 0.717) is 6.04 Å². The Morgan fingerprint density at radius 3 is 2.64 bits per heavy atom. The first-order valence-corrected chi connectivity index (χ1v) is 4.77. The van der Waals surface area contributed by atoms with Crippen molar-refractivity contribution in [2.24, 2.45) is 16.8 Å². The molecule has 0 saturated heterocycles. The first-order chi connectivity index (χ1) is 5.25. The summed E-state index contributed by atoms with van der Waals surface area (Å²) in [5, 5.41) is 0. The van der Waals surface area contributed by atoms with Gasteiger partial charge >= 0.3 is 0 Å². The highest BCUT2D eigenvalue weighted by molar-refractivity contribution is 5.59. The van der Waals surface area contributed by atoms with Crippen molar-refractivity contribution in [3.05, 3.63) is 0 Å². The topological polar surface area (TPSA) is 12.4 Å². The average molecular weight is 153 g/mol. The van der Waals surface area contributed by atoms with Gasteiger partial charge in [0.2, 0.25) is 0 Å². The Labute approximate surface area is 69.9 Å². The molecule has 0 saturated carbocycles. The van der Waals surface area contributed by atoms with Gasteiger partial charge in [0.15, 0.2) is 0 Å². The van der Waals surface area contributed by atoms with Gasteiger partial charge in [0.1, 0.15) is 0 Å². The summed E-state index contributed by atoms with van der Waals surface area (Å²) in [4.78, 5) is 4.50. The van der Waals surface area contributed by atoms with E-state index in [1.807, 2.05) is 0 Å². The predicted molar refractivity (Wildman–Crippen MR) is 50.1 cm³/mol. The van der Waals surface area contributed by atoms with Gasteiger partial charge in [-0.1, -0.05) is 27.2 Å². The van der Waals surface area contributed by atoms with Crippen molar-refractivity contribution in [2.75, 3.05) is 0 Å². The maximum absolute atomic E-state index is 4.50. The molecule has 1 heterocycles. The van der Waals surface area contributed by atoms with Crippen LogP contribution in [0, 0.1) is 11.8 Å². The van der Waals surface area contributed by atoms with Crippen molar-refractivity contribution in [3.8, 4) is 0 Å². The lowest BCUT2D eigenvalue weighted by atomic mass is 9.85. The Kier molecular flexibility index (Phi) is 3.10. The number of hydrogen-bond acceptors (Lipinski definition) is 1. The fourth-order valence-electron chi connectivity index (χ4n) is 2.04. The third-order valence-electron chi connectivity index (χ3n) is 2.71. The van der Waals surface area contributed by atoms with E-state index in [-0.39, 0.29) is 0 Å². The molecular weight excluding hydrogens is 134 g/mol. The van der Waals surface area contributed by atoms with E-state index in [4.69, 9.17) is 0 Å². The van der Waals surface area contributed by atoms with E-state index >= 15 is 0 Å². The van der Waals surface area contributed by atoms with Crippen molar-refractivity contribution in [2.45, 2.75) is 46.1 Å². The molecule has 1 heteroatoms. The Hall–Kier alpha value is -0.330. The van der Waals surface area contributed by atoms with E-state index in [0.717, 1.165) is 11.8 Å². The summed E-state index contributed by atoms with van der Waals surface area (Å²) in [5.74, 6) is 1.61. The first-order valence-electron chi connectivity index (χ1n) is 4.77. The molecule has 0 spiro atoms. The minimum absolute atomic E-state index is 0.639. The number of hydrogen-bond donors (Lipinski definition) is 0. The molecule has 0 aromatic carbocycles. The number of aliphatic imine (C=N–C) groups is 1. The molecule has 0 fully saturated rings. The van der Waals surface area contributed by atoms with E-state index in [2.05, 4.69) is 32.0 Å². The molecule has 0 aromatic rings. The monoisotopic (exact) mass is 153 g/mol. The highest BCUT2D eigenvalue weighted by atomic mass is 14.8. The maximum Gasteiger partial charge on any atom is 0.0529 e. The number of rotatable bonds is 3. The molecule has 2 unspecified atom stereocenters. The molecule has 11 heavy (non-hydrogen) atoms.